The van der Waals surface area contributed by atoms with Crippen molar-refractivity contribution in [3.05, 3.63) is 62.5 Å². The Hall–Kier alpha value is -2.72. The van der Waals surface area contributed by atoms with Crippen molar-refractivity contribution < 1.29 is 18.0 Å². The molecule has 1 saturated heterocycles. The van der Waals surface area contributed by atoms with Gasteiger partial charge < -0.3 is 9.47 Å². The molecule has 2 fully saturated rings. The lowest BCUT2D eigenvalue weighted by Gasteiger charge is -2.37. The van der Waals surface area contributed by atoms with Crippen LogP contribution < -0.4 is 4.87 Å². The summed E-state index contributed by atoms with van der Waals surface area (Å²) in [6.45, 7) is 2.89. The second-order valence-electron chi connectivity index (χ2n) is 10.9. The molecule has 1 aromatic carbocycles. The average Bonchev–Trinajstić information content (AvgIpc) is 3.52. The molecular formula is C27H29F3N4O2S. The van der Waals surface area contributed by atoms with Crippen LogP contribution in [0.5, 0.6) is 0 Å². The summed E-state index contributed by atoms with van der Waals surface area (Å²) in [4.78, 5) is 34.3. The molecule has 1 saturated carbocycles. The number of benzene rings is 1. The van der Waals surface area contributed by atoms with Gasteiger partial charge in [0.05, 0.1) is 33.4 Å². The molecule has 1 unspecified atom stereocenters. The number of aromatic nitrogens is 2. The van der Waals surface area contributed by atoms with Crippen molar-refractivity contribution in [3.8, 4) is 0 Å². The summed E-state index contributed by atoms with van der Waals surface area (Å²) in [5, 5.41) is 0. The average molecular weight is 531 g/mol. The van der Waals surface area contributed by atoms with E-state index in [1.165, 1.54) is 17.4 Å². The number of rotatable bonds is 5. The Balaban J connectivity index is 1.19. The smallest absolute Gasteiger partial charge is 0.336 e. The van der Waals surface area contributed by atoms with Crippen LogP contribution in [-0.2, 0) is 37.5 Å². The normalized spacial score (nSPS) is 22.5. The molecule has 0 bridgehead atoms. The van der Waals surface area contributed by atoms with E-state index < -0.39 is 17.2 Å². The maximum atomic E-state index is 14.0. The maximum absolute atomic E-state index is 14.0. The van der Waals surface area contributed by atoms with Gasteiger partial charge in [0.1, 0.15) is 0 Å². The van der Waals surface area contributed by atoms with Crippen LogP contribution in [0.1, 0.15) is 48.1 Å². The van der Waals surface area contributed by atoms with Crippen molar-refractivity contribution in [1.82, 2.24) is 19.4 Å². The minimum Gasteiger partial charge on any atom is -0.336 e. The van der Waals surface area contributed by atoms with Gasteiger partial charge in [0, 0.05) is 32.9 Å². The molecule has 196 valence electrons. The van der Waals surface area contributed by atoms with Crippen LogP contribution in [0, 0.1) is 11.3 Å². The summed E-state index contributed by atoms with van der Waals surface area (Å²) in [7, 11) is 1.79. The number of halogens is 3. The second kappa shape index (κ2) is 8.94. The molecule has 6 rings (SSSR count). The quantitative estimate of drug-likeness (QED) is 0.484. The zero-order valence-corrected chi connectivity index (χ0v) is 21.5. The van der Waals surface area contributed by atoms with Crippen molar-refractivity contribution in [2.45, 2.75) is 51.4 Å². The summed E-state index contributed by atoms with van der Waals surface area (Å²) in [5.41, 5.74) is 2.00. The van der Waals surface area contributed by atoms with Gasteiger partial charge in [-0.15, -0.1) is 0 Å². The van der Waals surface area contributed by atoms with E-state index in [1.807, 2.05) is 11.0 Å². The van der Waals surface area contributed by atoms with E-state index in [9.17, 15) is 22.8 Å². The summed E-state index contributed by atoms with van der Waals surface area (Å²) >= 11 is 1.24. The molecule has 0 spiro atoms. The second-order valence-corrected chi connectivity index (χ2v) is 11.9. The highest BCUT2D eigenvalue weighted by atomic mass is 32.1. The monoisotopic (exact) mass is 530 g/mol. The fourth-order valence-electron chi connectivity index (χ4n) is 6.00. The Bertz CT molecular complexity index is 1430. The van der Waals surface area contributed by atoms with Gasteiger partial charge in [-0.3, -0.25) is 19.5 Å². The molecule has 2 aromatic heterocycles. The Labute approximate surface area is 216 Å². The molecule has 1 amide bonds. The summed E-state index contributed by atoms with van der Waals surface area (Å²) < 4.78 is 42.0. The van der Waals surface area contributed by atoms with Crippen LogP contribution in [0.2, 0.25) is 0 Å². The highest BCUT2D eigenvalue weighted by Crippen LogP contribution is 2.47. The van der Waals surface area contributed by atoms with Crippen molar-refractivity contribution in [2.75, 3.05) is 19.6 Å². The number of hydrogen-bond donors (Lipinski definition) is 0. The Kier molecular flexibility index (Phi) is 5.95. The predicted molar refractivity (Wildman–Crippen MR) is 135 cm³/mol. The molecule has 0 radical (unpaired) electrons. The first-order valence-corrected chi connectivity index (χ1v) is 13.6. The molecule has 2 aliphatic heterocycles. The van der Waals surface area contributed by atoms with E-state index in [-0.39, 0.29) is 17.3 Å². The molecule has 1 aliphatic carbocycles. The van der Waals surface area contributed by atoms with Gasteiger partial charge >= 0.3 is 11.0 Å². The molecule has 10 heteroatoms. The predicted octanol–water partition coefficient (Wildman–Crippen LogP) is 4.59. The van der Waals surface area contributed by atoms with Crippen LogP contribution in [0.4, 0.5) is 13.2 Å². The van der Waals surface area contributed by atoms with Crippen molar-refractivity contribution in [2.24, 2.45) is 18.4 Å². The number of pyridine rings is 1. The molecule has 3 aliphatic rings. The van der Waals surface area contributed by atoms with Crippen LogP contribution in [-0.4, -0.2) is 44.9 Å². The number of nitrogens with zero attached hydrogens (tertiary/aromatic N) is 4. The summed E-state index contributed by atoms with van der Waals surface area (Å²) in [6, 6.07) is 7.31. The van der Waals surface area contributed by atoms with Crippen LogP contribution in [0.3, 0.4) is 0 Å². The fourth-order valence-corrected chi connectivity index (χ4v) is 6.86. The molecule has 6 nitrogen and oxygen atoms in total. The number of likely N-dealkylation sites (tertiary alicyclic amines) is 1. The Morgan fingerprint density at radius 3 is 2.78 bits per heavy atom. The first-order valence-electron chi connectivity index (χ1n) is 12.8. The maximum Gasteiger partial charge on any atom is 0.417 e. The van der Waals surface area contributed by atoms with E-state index in [0.717, 1.165) is 54.2 Å². The Morgan fingerprint density at radius 2 is 2.03 bits per heavy atom. The summed E-state index contributed by atoms with van der Waals surface area (Å²) in [6.07, 6.45) is 0.810. The number of carbonyl (C=O) groups is 1. The minimum absolute atomic E-state index is 0.0228. The molecule has 37 heavy (non-hydrogen) atoms. The number of hydrogen-bond acceptors (Lipinski definition) is 5. The van der Waals surface area contributed by atoms with Gasteiger partial charge in [0.25, 0.3) is 0 Å². The van der Waals surface area contributed by atoms with E-state index in [2.05, 4.69) is 22.0 Å². The number of aryl methyl sites for hydroxylation is 1. The minimum atomic E-state index is -4.42. The topological polar surface area (TPSA) is 58.4 Å². The van der Waals surface area contributed by atoms with E-state index in [1.54, 1.807) is 11.6 Å². The van der Waals surface area contributed by atoms with Gasteiger partial charge in [-0.25, -0.2) is 0 Å². The van der Waals surface area contributed by atoms with Gasteiger partial charge in [-0.2, -0.15) is 13.2 Å². The third kappa shape index (κ3) is 4.69. The number of alkyl halides is 3. The van der Waals surface area contributed by atoms with Gasteiger partial charge in [-0.05, 0) is 61.1 Å². The summed E-state index contributed by atoms with van der Waals surface area (Å²) in [5.74, 6) is 0.690. The van der Waals surface area contributed by atoms with Crippen molar-refractivity contribution in [3.63, 3.8) is 0 Å². The molecule has 1 atom stereocenters. The lowest BCUT2D eigenvalue weighted by molar-refractivity contribution is -0.143. The third-order valence-electron chi connectivity index (χ3n) is 8.19. The number of carbonyl (C=O) groups excluding carboxylic acids is 1. The van der Waals surface area contributed by atoms with Crippen molar-refractivity contribution >= 4 is 27.5 Å². The molecule has 0 N–H and O–H groups in total. The van der Waals surface area contributed by atoms with E-state index in [0.29, 0.717) is 43.2 Å². The van der Waals surface area contributed by atoms with Crippen molar-refractivity contribution in [1.29, 1.82) is 0 Å². The Morgan fingerprint density at radius 1 is 1.22 bits per heavy atom. The van der Waals surface area contributed by atoms with Gasteiger partial charge in [0.15, 0.2) is 0 Å². The zero-order valence-electron chi connectivity index (χ0n) is 20.7. The van der Waals surface area contributed by atoms with Gasteiger partial charge in [-0.1, -0.05) is 30.2 Å². The molecule has 3 aromatic rings. The van der Waals surface area contributed by atoms with Gasteiger partial charge in [0.2, 0.25) is 5.91 Å². The molecule has 4 heterocycles. The van der Waals surface area contributed by atoms with Crippen LogP contribution in [0.25, 0.3) is 10.2 Å². The van der Waals surface area contributed by atoms with Crippen LogP contribution >= 0.6 is 11.3 Å². The first kappa shape index (κ1) is 24.6. The molecular weight excluding hydrogens is 501 g/mol. The number of fused-ring (bicyclic) bond motifs is 2. The third-order valence-corrected chi connectivity index (χ3v) is 9.20. The van der Waals surface area contributed by atoms with E-state index >= 15 is 0 Å². The fraction of sp³-hybridized carbons (Fsp3) is 0.519. The zero-order chi connectivity index (χ0) is 25.9. The number of amides is 1. The SMILES string of the molecule is Cn1c(=O)sc2ccc(CN3CCC(CC4CC4)(C(=O)N4CCc5cc(C(F)(F)F)cnc5C4)C3)cc21. The van der Waals surface area contributed by atoms with Crippen LogP contribution in [0.15, 0.2) is 35.3 Å². The first-order chi connectivity index (χ1) is 17.6. The lowest BCUT2D eigenvalue weighted by atomic mass is 9.79. The number of thiazole rings is 1. The highest BCUT2D eigenvalue weighted by molar-refractivity contribution is 7.16. The lowest BCUT2D eigenvalue weighted by Crippen LogP contribution is -2.48. The standard InChI is InChI=1S/C27H29F3N4O2S/c1-32-22-10-18(4-5-23(22)37-25(32)36)14-33-9-7-26(16-33,12-17-2-3-17)24(35)34-8-6-19-11-20(27(28,29)30)13-31-21(19)15-34/h4-5,10-11,13,17H,2-3,6-9,12,14-16H2,1H3. The van der Waals surface area contributed by atoms with E-state index in [4.69, 9.17) is 0 Å². The highest BCUT2D eigenvalue weighted by Gasteiger charge is 2.49. The largest absolute Gasteiger partial charge is 0.417 e.